The quantitative estimate of drug-likeness (QED) is 0.755. The van der Waals surface area contributed by atoms with Crippen molar-refractivity contribution < 1.29 is 22.7 Å². The van der Waals surface area contributed by atoms with Gasteiger partial charge in [-0.3, -0.25) is 4.90 Å². The number of ether oxygens (including phenoxy) is 1. The third kappa shape index (κ3) is 5.89. The van der Waals surface area contributed by atoms with E-state index >= 15 is 0 Å². The van der Waals surface area contributed by atoms with Gasteiger partial charge in [-0.15, -0.1) is 0 Å². The SMILES string of the molecule is CNC(=O)OC(CCN1CCN(c2ccc(C(F)(F)F)cc2)CC1)c1ccccc1. The first kappa shape index (κ1) is 22.0. The lowest BCUT2D eigenvalue weighted by molar-refractivity contribution is -0.137. The molecule has 2 aromatic carbocycles. The lowest BCUT2D eigenvalue weighted by atomic mass is 10.1. The smallest absolute Gasteiger partial charge is 0.416 e. The first-order valence-corrected chi connectivity index (χ1v) is 9.94. The van der Waals surface area contributed by atoms with Crippen LogP contribution in [0.3, 0.4) is 0 Å². The van der Waals surface area contributed by atoms with Gasteiger partial charge in [0.1, 0.15) is 6.10 Å². The Labute approximate surface area is 174 Å². The van der Waals surface area contributed by atoms with Gasteiger partial charge in [-0.25, -0.2) is 4.79 Å². The molecule has 0 aliphatic carbocycles. The topological polar surface area (TPSA) is 44.8 Å². The summed E-state index contributed by atoms with van der Waals surface area (Å²) < 4.78 is 43.7. The summed E-state index contributed by atoms with van der Waals surface area (Å²) in [5, 5.41) is 2.49. The van der Waals surface area contributed by atoms with Crippen molar-refractivity contribution in [3.63, 3.8) is 0 Å². The highest BCUT2D eigenvalue weighted by molar-refractivity contribution is 5.67. The van der Waals surface area contributed by atoms with Gasteiger partial charge in [0.2, 0.25) is 0 Å². The molecule has 8 heteroatoms. The monoisotopic (exact) mass is 421 g/mol. The number of rotatable bonds is 6. The van der Waals surface area contributed by atoms with Gasteiger partial charge in [0.25, 0.3) is 0 Å². The van der Waals surface area contributed by atoms with E-state index in [1.807, 2.05) is 30.3 Å². The van der Waals surface area contributed by atoms with E-state index < -0.39 is 17.8 Å². The van der Waals surface area contributed by atoms with Gasteiger partial charge in [-0.2, -0.15) is 13.2 Å². The molecule has 1 heterocycles. The van der Waals surface area contributed by atoms with Crippen LogP contribution in [-0.4, -0.2) is 50.8 Å². The van der Waals surface area contributed by atoms with Gasteiger partial charge in [-0.1, -0.05) is 30.3 Å². The van der Waals surface area contributed by atoms with E-state index in [-0.39, 0.29) is 6.10 Å². The number of alkyl carbamates (subject to hydrolysis) is 1. The molecule has 1 N–H and O–H groups in total. The van der Waals surface area contributed by atoms with Crippen LogP contribution in [0.15, 0.2) is 54.6 Å². The van der Waals surface area contributed by atoms with E-state index in [1.165, 1.54) is 19.2 Å². The van der Waals surface area contributed by atoms with Crippen LogP contribution in [0.4, 0.5) is 23.7 Å². The normalized spacial score (nSPS) is 16.2. The molecule has 0 radical (unpaired) electrons. The van der Waals surface area contributed by atoms with Crippen LogP contribution in [0.2, 0.25) is 0 Å². The number of carbonyl (C=O) groups excluding carboxylic acids is 1. The van der Waals surface area contributed by atoms with Crippen LogP contribution < -0.4 is 10.2 Å². The summed E-state index contributed by atoms with van der Waals surface area (Å²) in [6.07, 6.45) is -4.45. The van der Waals surface area contributed by atoms with Crippen LogP contribution in [0, 0.1) is 0 Å². The van der Waals surface area contributed by atoms with Crippen molar-refractivity contribution >= 4 is 11.8 Å². The molecule has 1 aliphatic rings. The van der Waals surface area contributed by atoms with Gasteiger partial charge in [0.05, 0.1) is 5.56 Å². The number of piperazine rings is 1. The van der Waals surface area contributed by atoms with Gasteiger partial charge in [0, 0.05) is 51.9 Å². The van der Waals surface area contributed by atoms with E-state index in [2.05, 4.69) is 15.1 Å². The molecule has 1 atom stereocenters. The summed E-state index contributed by atoms with van der Waals surface area (Å²) in [5.41, 5.74) is 1.12. The summed E-state index contributed by atoms with van der Waals surface area (Å²) in [4.78, 5) is 16.1. The van der Waals surface area contributed by atoms with Gasteiger partial charge in [-0.05, 0) is 29.8 Å². The number of nitrogens with zero attached hydrogens (tertiary/aromatic N) is 2. The molecule has 0 aromatic heterocycles. The van der Waals surface area contributed by atoms with Crippen LogP contribution in [0.5, 0.6) is 0 Å². The molecule has 1 amide bonds. The highest BCUT2D eigenvalue weighted by Crippen LogP contribution is 2.30. The van der Waals surface area contributed by atoms with Gasteiger partial charge >= 0.3 is 12.3 Å². The average molecular weight is 421 g/mol. The molecule has 1 aliphatic heterocycles. The predicted octanol–water partition coefficient (Wildman–Crippen LogP) is 4.31. The van der Waals surface area contributed by atoms with E-state index in [0.29, 0.717) is 6.42 Å². The summed E-state index contributed by atoms with van der Waals surface area (Å²) in [6, 6.07) is 14.9. The van der Waals surface area contributed by atoms with E-state index in [4.69, 9.17) is 4.74 Å². The molecule has 1 unspecified atom stereocenters. The fourth-order valence-corrected chi connectivity index (χ4v) is 3.54. The Kier molecular flexibility index (Phi) is 7.20. The number of hydrogen-bond acceptors (Lipinski definition) is 4. The van der Waals surface area contributed by atoms with Crippen molar-refractivity contribution in [2.75, 3.05) is 44.7 Å². The minimum Gasteiger partial charge on any atom is -0.441 e. The van der Waals surface area contributed by atoms with Gasteiger partial charge < -0.3 is 15.0 Å². The number of halogens is 3. The number of alkyl halides is 3. The standard InChI is InChI=1S/C22H26F3N3O2/c1-26-21(29)30-20(17-5-3-2-4-6-17)11-12-27-13-15-28(16-14-27)19-9-7-18(8-10-19)22(23,24)25/h2-10,20H,11-16H2,1H3,(H,26,29). The second-order valence-corrected chi connectivity index (χ2v) is 7.22. The van der Waals surface area contributed by atoms with Crippen molar-refractivity contribution in [3.8, 4) is 0 Å². The number of anilines is 1. The minimum absolute atomic E-state index is 0.334. The first-order valence-electron chi connectivity index (χ1n) is 9.94. The molecule has 2 aromatic rings. The van der Waals surface area contributed by atoms with Crippen LogP contribution in [0.1, 0.15) is 23.7 Å². The number of hydrogen-bond donors (Lipinski definition) is 1. The summed E-state index contributed by atoms with van der Waals surface area (Å²) in [7, 11) is 1.53. The maximum absolute atomic E-state index is 12.7. The van der Waals surface area contributed by atoms with Crippen molar-refractivity contribution in [3.05, 3.63) is 65.7 Å². The lowest BCUT2D eigenvalue weighted by Crippen LogP contribution is -2.47. The molecule has 162 valence electrons. The lowest BCUT2D eigenvalue weighted by Gasteiger charge is -2.36. The maximum Gasteiger partial charge on any atom is 0.416 e. The van der Waals surface area contributed by atoms with E-state index in [1.54, 1.807) is 0 Å². The third-order valence-corrected chi connectivity index (χ3v) is 5.26. The average Bonchev–Trinajstić information content (AvgIpc) is 2.77. The zero-order chi connectivity index (χ0) is 21.6. The van der Waals surface area contributed by atoms with Crippen LogP contribution in [-0.2, 0) is 10.9 Å². The van der Waals surface area contributed by atoms with Crippen molar-refractivity contribution in [1.29, 1.82) is 0 Å². The minimum atomic E-state index is -4.32. The first-order chi connectivity index (χ1) is 14.4. The third-order valence-electron chi connectivity index (χ3n) is 5.26. The molecular weight excluding hydrogens is 395 g/mol. The maximum atomic E-state index is 12.7. The van der Waals surface area contributed by atoms with Crippen LogP contribution >= 0.6 is 0 Å². The van der Waals surface area contributed by atoms with Crippen LogP contribution in [0.25, 0.3) is 0 Å². The Bertz CT molecular complexity index is 805. The number of carbonyl (C=O) groups is 1. The number of benzene rings is 2. The molecule has 1 fully saturated rings. The Hall–Kier alpha value is -2.74. The predicted molar refractivity (Wildman–Crippen MR) is 109 cm³/mol. The molecular formula is C22H26F3N3O2. The Morgan fingerprint density at radius 1 is 1.03 bits per heavy atom. The van der Waals surface area contributed by atoms with E-state index in [9.17, 15) is 18.0 Å². The zero-order valence-electron chi connectivity index (χ0n) is 16.9. The highest BCUT2D eigenvalue weighted by atomic mass is 19.4. The molecule has 5 nitrogen and oxygen atoms in total. The molecule has 0 saturated carbocycles. The molecule has 3 rings (SSSR count). The molecule has 1 saturated heterocycles. The van der Waals surface area contributed by atoms with Crippen molar-refractivity contribution in [2.24, 2.45) is 0 Å². The zero-order valence-corrected chi connectivity index (χ0v) is 16.9. The molecule has 0 bridgehead atoms. The van der Waals surface area contributed by atoms with E-state index in [0.717, 1.165) is 56.1 Å². The molecule has 30 heavy (non-hydrogen) atoms. The second kappa shape index (κ2) is 9.84. The Morgan fingerprint density at radius 3 is 2.23 bits per heavy atom. The highest BCUT2D eigenvalue weighted by Gasteiger charge is 2.30. The Balaban J connectivity index is 1.52. The summed E-state index contributed by atoms with van der Waals surface area (Å²) >= 11 is 0. The Morgan fingerprint density at radius 2 is 1.67 bits per heavy atom. The second-order valence-electron chi connectivity index (χ2n) is 7.22. The largest absolute Gasteiger partial charge is 0.441 e. The fourth-order valence-electron chi connectivity index (χ4n) is 3.54. The number of amides is 1. The molecule has 0 spiro atoms. The fraction of sp³-hybridized carbons (Fsp3) is 0.409. The van der Waals surface area contributed by atoms with Crippen molar-refractivity contribution in [2.45, 2.75) is 18.7 Å². The van der Waals surface area contributed by atoms with Crippen molar-refractivity contribution in [1.82, 2.24) is 10.2 Å². The summed E-state index contributed by atoms with van der Waals surface area (Å²) in [5.74, 6) is 0. The summed E-state index contributed by atoms with van der Waals surface area (Å²) in [6.45, 7) is 3.82. The number of nitrogens with one attached hydrogen (secondary N) is 1. The van der Waals surface area contributed by atoms with Gasteiger partial charge in [0.15, 0.2) is 0 Å².